The van der Waals surface area contributed by atoms with E-state index < -0.39 is 5.91 Å². The van der Waals surface area contributed by atoms with Crippen LogP contribution < -0.4 is 10.8 Å². The highest BCUT2D eigenvalue weighted by Crippen LogP contribution is 2.35. The SMILES string of the molecule is Cn1c(C(=O)NC(c2ccc(C(=O)NO)cc2)C(C)(C)C)cc2oc(-c3ccc(C(C)(C)C)cc3)cc21. The van der Waals surface area contributed by atoms with E-state index in [1.54, 1.807) is 35.8 Å². The second kappa shape index (κ2) is 9.56. The molecule has 37 heavy (non-hydrogen) atoms. The molecule has 0 aliphatic carbocycles. The maximum absolute atomic E-state index is 13.4. The molecule has 3 N–H and O–H groups in total. The number of nitrogens with zero attached hydrogens (tertiary/aromatic N) is 1. The van der Waals surface area contributed by atoms with Gasteiger partial charge in [0.25, 0.3) is 11.8 Å². The van der Waals surface area contributed by atoms with E-state index in [0.717, 1.165) is 22.4 Å². The minimum absolute atomic E-state index is 0.0791. The van der Waals surface area contributed by atoms with E-state index in [0.29, 0.717) is 16.8 Å². The Kier molecular flexibility index (Phi) is 6.78. The van der Waals surface area contributed by atoms with Crippen molar-refractivity contribution in [3.8, 4) is 11.3 Å². The van der Waals surface area contributed by atoms with Gasteiger partial charge >= 0.3 is 0 Å². The minimum Gasteiger partial charge on any atom is -0.454 e. The fraction of sp³-hybridized carbons (Fsp3) is 0.333. The van der Waals surface area contributed by atoms with Crippen molar-refractivity contribution in [1.29, 1.82) is 0 Å². The molecule has 0 aliphatic heterocycles. The molecule has 0 saturated carbocycles. The Morgan fingerprint density at radius 2 is 1.51 bits per heavy atom. The van der Waals surface area contributed by atoms with Crippen molar-refractivity contribution >= 4 is 22.9 Å². The van der Waals surface area contributed by atoms with Gasteiger partial charge in [0, 0.05) is 30.3 Å². The Hall–Kier alpha value is -3.84. The summed E-state index contributed by atoms with van der Waals surface area (Å²) < 4.78 is 7.98. The largest absolute Gasteiger partial charge is 0.454 e. The van der Waals surface area contributed by atoms with E-state index in [4.69, 9.17) is 9.62 Å². The molecule has 2 amide bonds. The molecule has 0 aliphatic rings. The predicted molar refractivity (Wildman–Crippen MR) is 145 cm³/mol. The van der Waals surface area contributed by atoms with Crippen molar-refractivity contribution in [3.63, 3.8) is 0 Å². The zero-order chi connectivity index (χ0) is 27.1. The molecule has 4 aromatic rings. The molecule has 0 spiro atoms. The van der Waals surface area contributed by atoms with E-state index in [-0.39, 0.29) is 22.8 Å². The maximum Gasteiger partial charge on any atom is 0.274 e. The Morgan fingerprint density at radius 1 is 0.892 bits per heavy atom. The number of hydroxylamine groups is 1. The number of aryl methyl sites for hydroxylation is 1. The lowest BCUT2D eigenvalue weighted by Crippen LogP contribution is -2.37. The van der Waals surface area contributed by atoms with Crippen LogP contribution in [0.3, 0.4) is 0 Å². The first kappa shape index (κ1) is 26.2. The van der Waals surface area contributed by atoms with Crippen LogP contribution in [0.4, 0.5) is 0 Å². The number of benzene rings is 2. The summed E-state index contributed by atoms with van der Waals surface area (Å²) in [7, 11) is 1.85. The second-order valence-corrected chi connectivity index (χ2v) is 11.6. The molecule has 0 fully saturated rings. The van der Waals surface area contributed by atoms with Crippen LogP contribution in [0, 0.1) is 5.41 Å². The van der Waals surface area contributed by atoms with Gasteiger partial charge < -0.3 is 14.3 Å². The minimum atomic E-state index is -0.584. The molecule has 1 unspecified atom stereocenters. The van der Waals surface area contributed by atoms with Crippen molar-refractivity contribution in [1.82, 2.24) is 15.4 Å². The van der Waals surface area contributed by atoms with Gasteiger partial charge in [-0.15, -0.1) is 0 Å². The Morgan fingerprint density at radius 3 is 2.03 bits per heavy atom. The van der Waals surface area contributed by atoms with Crippen molar-refractivity contribution in [3.05, 3.63) is 83.0 Å². The van der Waals surface area contributed by atoms with E-state index in [1.165, 1.54) is 5.56 Å². The monoisotopic (exact) mass is 501 g/mol. The van der Waals surface area contributed by atoms with Crippen LogP contribution in [0.15, 0.2) is 65.1 Å². The summed E-state index contributed by atoms with van der Waals surface area (Å²) in [6, 6.07) is 18.6. The average Bonchev–Trinajstić information content (AvgIpc) is 3.40. The molecule has 2 aromatic carbocycles. The first-order valence-electron chi connectivity index (χ1n) is 12.3. The second-order valence-electron chi connectivity index (χ2n) is 11.6. The third kappa shape index (κ3) is 5.32. The van der Waals surface area contributed by atoms with Crippen molar-refractivity contribution in [2.75, 3.05) is 0 Å². The van der Waals surface area contributed by atoms with E-state index in [1.807, 2.05) is 38.5 Å². The molecule has 0 saturated heterocycles. The first-order chi connectivity index (χ1) is 17.3. The van der Waals surface area contributed by atoms with Crippen LogP contribution in [0.1, 0.15) is 79.6 Å². The van der Waals surface area contributed by atoms with Crippen molar-refractivity contribution in [2.45, 2.75) is 53.0 Å². The van der Waals surface area contributed by atoms with Gasteiger partial charge in [-0.05, 0) is 34.1 Å². The summed E-state index contributed by atoms with van der Waals surface area (Å²) in [5.74, 6) is -0.0477. The van der Waals surface area contributed by atoms with Crippen molar-refractivity contribution < 1.29 is 19.2 Å². The molecular weight excluding hydrogens is 466 g/mol. The standard InChI is InChI=1S/C30H35N3O4/c1-29(2,3)21-14-12-18(13-15-21)24-16-22-25(37-24)17-23(33(22)7)28(35)31-26(30(4,5)6)19-8-10-20(11-9-19)27(34)32-36/h8-17,26,36H,1-7H3,(H,31,35)(H,32,34). The van der Waals surface area contributed by atoms with Crippen LogP contribution in [-0.2, 0) is 12.5 Å². The molecule has 194 valence electrons. The molecule has 4 rings (SSSR count). The summed E-state index contributed by atoms with van der Waals surface area (Å²) in [6.07, 6.45) is 0. The number of aromatic nitrogens is 1. The third-order valence-corrected chi connectivity index (χ3v) is 6.75. The number of nitrogens with one attached hydrogen (secondary N) is 2. The van der Waals surface area contributed by atoms with Gasteiger partial charge in [0.05, 0.1) is 11.6 Å². The molecule has 0 bridgehead atoms. The summed E-state index contributed by atoms with van der Waals surface area (Å²) >= 11 is 0. The number of amides is 2. The highest BCUT2D eigenvalue weighted by atomic mass is 16.5. The Labute approximate surface area is 217 Å². The van der Waals surface area contributed by atoms with Crippen LogP contribution in [0.5, 0.6) is 0 Å². The normalized spacial score (nSPS) is 13.0. The number of hydrogen-bond donors (Lipinski definition) is 3. The van der Waals surface area contributed by atoms with Gasteiger partial charge in [0.15, 0.2) is 5.58 Å². The van der Waals surface area contributed by atoms with E-state index in [2.05, 4.69) is 50.4 Å². The fourth-order valence-corrected chi connectivity index (χ4v) is 4.50. The van der Waals surface area contributed by atoms with Crippen LogP contribution in [0.25, 0.3) is 22.4 Å². The molecule has 2 aromatic heterocycles. The highest BCUT2D eigenvalue weighted by Gasteiger charge is 2.30. The summed E-state index contributed by atoms with van der Waals surface area (Å²) in [6.45, 7) is 12.7. The quantitative estimate of drug-likeness (QED) is 0.219. The number of rotatable bonds is 5. The lowest BCUT2D eigenvalue weighted by Gasteiger charge is -2.32. The first-order valence-corrected chi connectivity index (χ1v) is 12.3. The number of carbonyl (C=O) groups is 2. The van der Waals surface area contributed by atoms with Crippen molar-refractivity contribution in [2.24, 2.45) is 12.5 Å². The lowest BCUT2D eigenvalue weighted by atomic mass is 9.82. The topological polar surface area (TPSA) is 96.5 Å². The van der Waals surface area contributed by atoms with Crippen LogP contribution >= 0.6 is 0 Å². The number of fused-ring (bicyclic) bond motifs is 1. The molecule has 2 heterocycles. The van der Waals surface area contributed by atoms with Gasteiger partial charge in [0.1, 0.15) is 11.5 Å². The fourth-order valence-electron chi connectivity index (χ4n) is 4.50. The Bertz CT molecular complexity index is 1430. The highest BCUT2D eigenvalue weighted by molar-refractivity contribution is 5.98. The number of furan rings is 1. The zero-order valence-electron chi connectivity index (χ0n) is 22.5. The van der Waals surface area contributed by atoms with Crippen LogP contribution in [-0.4, -0.2) is 21.6 Å². The summed E-state index contributed by atoms with van der Waals surface area (Å²) in [4.78, 5) is 25.1. The van der Waals surface area contributed by atoms with Gasteiger partial charge in [-0.1, -0.05) is 77.9 Å². The maximum atomic E-state index is 13.4. The average molecular weight is 502 g/mol. The molecule has 7 nitrogen and oxygen atoms in total. The van der Waals surface area contributed by atoms with E-state index >= 15 is 0 Å². The summed E-state index contributed by atoms with van der Waals surface area (Å²) in [5, 5.41) is 12.0. The van der Waals surface area contributed by atoms with Gasteiger partial charge in [0.2, 0.25) is 0 Å². The predicted octanol–water partition coefficient (Wildman–Crippen LogP) is 6.37. The van der Waals surface area contributed by atoms with Gasteiger partial charge in [-0.25, -0.2) is 5.48 Å². The smallest absolute Gasteiger partial charge is 0.274 e. The zero-order valence-corrected chi connectivity index (χ0v) is 22.5. The molecule has 1 atom stereocenters. The molecule has 7 heteroatoms. The Balaban J connectivity index is 1.59. The molecule has 0 radical (unpaired) electrons. The molecular formula is C30H35N3O4. The van der Waals surface area contributed by atoms with Gasteiger partial charge in [-0.2, -0.15) is 0 Å². The summed E-state index contributed by atoms with van der Waals surface area (Å²) in [5.41, 5.74) is 6.82. The third-order valence-electron chi connectivity index (χ3n) is 6.75. The van der Waals surface area contributed by atoms with Gasteiger partial charge in [-0.3, -0.25) is 14.8 Å². The van der Waals surface area contributed by atoms with Crippen LogP contribution in [0.2, 0.25) is 0 Å². The lowest BCUT2D eigenvalue weighted by molar-refractivity contribution is 0.0706. The number of hydrogen-bond acceptors (Lipinski definition) is 4. The van der Waals surface area contributed by atoms with E-state index in [9.17, 15) is 9.59 Å². The number of carbonyl (C=O) groups excluding carboxylic acids is 2.